The van der Waals surface area contributed by atoms with Crippen molar-refractivity contribution in [2.45, 2.75) is 24.0 Å². The van der Waals surface area contributed by atoms with Gasteiger partial charge >= 0.3 is 10.4 Å². The predicted molar refractivity (Wildman–Crippen MR) is 262 cm³/mol. The Morgan fingerprint density at radius 3 is 1.65 bits per heavy atom. The van der Waals surface area contributed by atoms with Crippen LogP contribution in [0, 0.1) is 0 Å². The molecule has 8 aromatic carbocycles. The topological polar surface area (TPSA) is 237 Å². The first-order valence-corrected chi connectivity index (χ1v) is 23.5. The Morgan fingerprint density at radius 2 is 1.04 bits per heavy atom. The molecule has 8 N–H and O–H groups in total. The van der Waals surface area contributed by atoms with Gasteiger partial charge in [-0.05, 0) is 124 Å². The van der Waals surface area contributed by atoms with Crippen LogP contribution in [0.2, 0.25) is 0 Å². The van der Waals surface area contributed by atoms with Gasteiger partial charge in [0.1, 0.15) is 81.0 Å². The molecule has 71 heavy (non-hydrogen) atoms. The highest BCUT2D eigenvalue weighted by molar-refractivity contribution is 7.81. The molecule has 2 aliphatic heterocycles. The fourth-order valence-electron chi connectivity index (χ4n) is 9.92. The second-order valence-electron chi connectivity index (χ2n) is 17.4. The van der Waals surface area contributed by atoms with E-state index in [-0.39, 0.29) is 57.5 Å². The third-order valence-electron chi connectivity index (χ3n) is 12.7. The Bertz CT molecular complexity index is 3660. The van der Waals surface area contributed by atoms with Crippen molar-refractivity contribution in [2.75, 3.05) is 0 Å². The first kappa shape index (κ1) is 44.5. The van der Waals surface area contributed by atoms with Gasteiger partial charge in [-0.1, -0.05) is 60.7 Å². The minimum Gasteiger partial charge on any atom is -0.508 e. The summed E-state index contributed by atoms with van der Waals surface area (Å²) in [6, 6.07) is 42.0. The largest absolute Gasteiger partial charge is 0.508 e. The molecule has 0 aliphatic carbocycles. The van der Waals surface area contributed by atoms with Gasteiger partial charge < -0.3 is 53.8 Å². The van der Waals surface area contributed by atoms with Gasteiger partial charge in [0.05, 0.1) is 11.8 Å². The lowest BCUT2D eigenvalue weighted by Gasteiger charge is -2.22. The highest BCUT2D eigenvalue weighted by Crippen LogP contribution is 2.58. The molecular formula is C56H40O14S. The van der Waals surface area contributed by atoms with E-state index in [9.17, 15) is 48.7 Å². The average Bonchev–Trinajstić information content (AvgIpc) is 4.02. The number of hydrogen-bond acceptors (Lipinski definition) is 13. The van der Waals surface area contributed by atoms with Crippen molar-refractivity contribution in [3.8, 4) is 79.9 Å². The van der Waals surface area contributed by atoms with Gasteiger partial charge in [0, 0.05) is 51.9 Å². The Kier molecular flexibility index (Phi) is 10.8. The second-order valence-corrected chi connectivity index (χ2v) is 18.4. The maximum Gasteiger partial charge on any atom is 0.446 e. The van der Waals surface area contributed by atoms with Crippen LogP contribution < -0.4 is 13.7 Å². The lowest BCUT2D eigenvalue weighted by atomic mass is 9.80. The van der Waals surface area contributed by atoms with Crippen molar-refractivity contribution in [2.24, 2.45) is 0 Å². The molecule has 0 saturated heterocycles. The van der Waals surface area contributed by atoms with Crippen molar-refractivity contribution < 1.29 is 66.8 Å². The molecule has 15 heteroatoms. The minimum atomic E-state index is -4.84. The van der Waals surface area contributed by atoms with E-state index in [4.69, 9.17) is 18.1 Å². The van der Waals surface area contributed by atoms with Crippen LogP contribution in [-0.2, 0) is 10.4 Å². The third kappa shape index (κ3) is 8.49. The number of ether oxygens (including phenoxy) is 2. The monoisotopic (exact) mass is 968 g/mol. The van der Waals surface area contributed by atoms with Crippen LogP contribution in [0.5, 0.6) is 57.5 Å². The van der Waals surface area contributed by atoms with E-state index >= 15 is 0 Å². The van der Waals surface area contributed by atoms with Crippen molar-refractivity contribution in [3.63, 3.8) is 0 Å². The van der Waals surface area contributed by atoms with E-state index in [2.05, 4.69) is 0 Å². The lowest BCUT2D eigenvalue weighted by molar-refractivity contribution is 0.221. The normalized spacial score (nSPS) is 17.2. The Morgan fingerprint density at radius 1 is 0.493 bits per heavy atom. The van der Waals surface area contributed by atoms with E-state index in [1.165, 1.54) is 60.7 Å². The zero-order valence-corrected chi connectivity index (χ0v) is 37.7. The van der Waals surface area contributed by atoms with Crippen molar-refractivity contribution in [1.29, 1.82) is 0 Å². The zero-order chi connectivity index (χ0) is 49.3. The van der Waals surface area contributed by atoms with Gasteiger partial charge in [-0.3, -0.25) is 4.55 Å². The van der Waals surface area contributed by atoms with E-state index in [0.717, 1.165) is 5.56 Å². The maximum atomic E-state index is 11.6. The van der Waals surface area contributed by atoms with Crippen LogP contribution in [0.3, 0.4) is 0 Å². The van der Waals surface area contributed by atoms with E-state index < -0.39 is 34.4 Å². The number of hydrogen-bond donors (Lipinski definition) is 8. The van der Waals surface area contributed by atoms with Gasteiger partial charge in [0.2, 0.25) is 0 Å². The predicted octanol–water partition coefficient (Wildman–Crippen LogP) is 11.6. The van der Waals surface area contributed by atoms with Crippen LogP contribution in [-0.4, -0.2) is 48.7 Å². The molecule has 2 aliphatic rings. The quantitative estimate of drug-likeness (QED) is 0.0470. The molecule has 0 fully saturated rings. The van der Waals surface area contributed by atoms with Gasteiger partial charge in [0.15, 0.2) is 0 Å². The van der Waals surface area contributed by atoms with Crippen LogP contribution in [0.4, 0.5) is 0 Å². The molecular weight excluding hydrogens is 929 g/mol. The molecule has 4 atom stereocenters. The molecule has 0 saturated carbocycles. The van der Waals surface area contributed by atoms with Gasteiger partial charge in [-0.2, -0.15) is 8.42 Å². The number of fused-ring (bicyclic) bond motifs is 3. The Hall–Kier alpha value is -9.05. The summed E-state index contributed by atoms with van der Waals surface area (Å²) in [5.74, 6) is -1.35. The summed E-state index contributed by atoms with van der Waals surface area (Å²) in [7, 11) is -4.84. The van der Waals surface area contributed by atoms with E-state index in [1.807, 2.05) is 54.6 Å². The summed E-state index contributed by atoms with van der Waals surface area (Å²) >= 11 is 0. The van der Waals surface area contributed by atoms with Crippen LogP contribution in [0.15, 0.2) is 162 Å². The van der Waals surface area contributed by atoms with Gasteiger partial charge in [-0.25, -0.2) is 0 Å². The second kappa shape index (κ2) is 17.2. The average molecular weight is 969 g/mol. The fraction of sp³-hybridized carbons (Fsp3) is 0.0714. The highest BCUT2D eigenvalue weighted by atomic mass is 32.3. The molecule has 3 heterocycles. The minimum absolute atomic E-state index is 0.0243. The van der Waals surface area contributed by atoms with Crippen LogP contribution in [0.25, 0.3) is 45.6 Å². The van der Waals surface area contributed by atoms with Gasteiger partial charge in [-0.15, -0.1) is 0 Å². The standard InChI is InChI=1S/C56H40O14S/c57-36-13-9-31(10-14-36)55-51(35-22-39(60)25-40(61)23-35)53-45(26-42(63)28-48(53)69-55)52-44-18-29(7-17-46(44)67-56(52)32-11-15-43(16-12-32)70-71(64,65)66)6-8-33-19-41(62)27-47-49(33)50(34-20-37(58)24-38(59)21-34)54(68-47)30-4-2-1-3-5-30/h1-28,50-51,54-55,57-63H,(H,64,65,66)/b8-6+. The van der Waals surface area contributed by atoms with Crippen molar-refractivity contribution in [1.82, 2.24) is 0 Å². The molecule has 0 bridgehead atoms. The number of aromatic hydroxyl groups is 7. The molecule has 0 spiro atoms. The van der Waals surface area contributed by atoms with Gasteiger partial charge in [0.25, 0.3) is 0 Å². The Balaban J connectivity index is 1.10. The number of furan rings is 1. The third-order valence-corrected chi connectivity index (χ3v) is 13.1. The lowest BCUT2D eigenvalue weighted by Crippen LogP contribution is -2.11. The summed E-state index contributed by atoms with van der Waals surface area (Å²) < 4.78 is 57.2. The molecule has 11 rings (SSSR count). The summed E-state index contributed by atoms with van der Waals surface area (Å²) in [6.07, 6.45) is 2.28. The molecule has 1 aromatic heterocycles. The fourth-order valence-corrected chi connectivity index (χ4v) is 10.3. The van der Waals surface area contributed by atoms with E-state index in [0.29, 0.717) is 72.4 Å². The van der Waals surface area contributed by atoms with Crippen molar-refractivity contribution in [3.05, 3.63) is 202 Å². The van der Waals surface area contributed by atoms with E-state index in [1.54, 1.807) is 54.6 Å². The van der Waals surface area contributed by atoms with Crippen LogP contribution >= 0.6 is 0 Å². The summed E-state index contributed by atoms with van der Waals surface area (Å²) in [5, 5.41) is 76.2. The molecule has 0 radical (unpaired) electrons. The number of phenolic OH excluding ortho intramolecular Hbond substituents is 7. The first-order valence-electron chi connectivity index (χ1n) is 22.1. The molecule has 9 aromatic rings. The number of benzene rings is 8. The first-order chi connectivity index (χ1) is 34.1. The smallest absolute Gasteiger partial charge is 0.446 e. The summed E-state index contributed by atoms with van der Waals surface area (Å²) in [4.78, 5) is 0. The summed E-state index contributed by atoms with van der Waals surface area (Å²) in [5.41, 5.74) is 6.79. The number of phenols is 7. The van der Waals surface area contributed by atoms with Crippen molar-refractivity contribution >= 4 is 33.5 Å². The Labute approximate surface area is 405 Å². The molecule has 0 amide bonds. The number of rotatable bonds is 10. The molecule has 4 unspecified atom stereocenters. The van der Waals surface area contributed by atoms with Crippen LogP contribution in [0.1, 0.15) is 68.6 Å². The maximum absolute atomic E-state index is 11.6. The molecule has 14 nitrogen and oxygen atoms in total. The SMILES string of the molecule is O=S(=O)(O)Oc1ccc(-c2oc3ccc(/C=C/c4cc(O)cc5c4C(c4cc(O)cc(O)c4)C(c4ccccc4)O5)cc3c2-c2cc(O)cc3c2C(c2cc(O)cc(O)c2)C(c2ccc(O)cc2)O3)cc1. The molecule has 354 valence electrons. The highest BCUT2D eigenvalue weighted by Gasteiger charge is 2.42. The summed E-state index contributed by atoms with van der Waals surface area (Å²) in [6.45, 7) is 0. The zero-order valence-electron chi connectivity index (χ0n) is 36.9.